The highest BCUT2D eigenvalue weighted by Gasteiger charge is 2.76. The van der Waals surface area contributed by atoms with Crippen molar-refractivity contribution < 1.29 is 0 Å². The molecule has 290 valence electrons. The molecular weight excluding hydrogens is 673 g/mol. The van der Waals surface area contributed by atoms with Crippen LogP contribution in [0.3, 0.4) is 0 Å². The maximum absolute atomic E-state index is 2.73. The molecule has 0 aliphatic rings. The molecular formula is C42H98Si6. The average molecular weight is 772 g/mol. The Bertz CT molecular complexity index is 660. The van der Waals surface area contributed by atoms with Crippen LogP contribution in [0, 0.1) is 0 Å². The summed E-state index contributed by atoms with van der Waals surface area (Å²) in [5, 5.41) is 0. The van der Waals surface area contributed by atoms with Crippen molar-refractivity contribution >= 4 is 43.6 Å². The van der Waals surface area contributed by atoms with E-state index in [1.165, 1.54) is 89.9 Å². The summed E-state index contributed by atoms with van der Waals surface area (Å²) in [4.78, 5) is 0. The minimum atomic E-state index is -1.66. The van der Waals surface area contributed by atoms with E-state index in [0.717, 1.165) is 0 Å². The molecule has 0 aliphatic carbocycles. The first-order valence-electron chi connectivity index (χ1n) is 23.1. The third kappa shape index (κ3) is 9.69. The van der Waals surface area contributed by atoms with E-state index in [9.17, 15) is 0 Å². The maximum atomic E-state index is 2.73. The second kappa shape index (κ2) is 25.3. The van der Waals surface area contributed by atoms with Gasteiger partial charge in [-0.1, -0.05) is 271 Å². The fourth-order valence-electron chi connectivity index (χ4n) is 14.8. The first kappa shape index (κ1) is 49.3. The molecule has 0 fully saturated rings. The van der Waals surface area contributed by atoms with Crippen LogP contribution in [0.1, 0.15) is 187 Å². The van der Waals surface area contributed by atoms with Crippen molar-refractivity contribution in [2.75, 3.05) is 0 Å². The molecule has 0 saturated heterocycles. The van der Waals surface area contributed by atoms with Crippen LogP contribution in [0.2, 0.25) is 84.6 Å². The normalized spacial score (nSPS) is 13.9. The lowest BCUT2D eigenvalue weighted by atomic mass is 10.6. The molecule has 0 unspecified atom stereocenters. The second-order valence-electron chi connectivity index (χ2n) is 17.4. The van der Waals surface area contributed by atoms with E-state index in [4.69, 9.17) is 0 Å². The summed E-state index contributed by atoms with van der Waals surface area (Å²) in [6, 6.07) is 24.7. The third-order valence-electron chi connectivity index (χ3n) is 14.6. The molecule has 6 heteroatoms. The predicted molar refractivity (Wildman–Crippen MR) is 246 cm³/mol. The first-order valence-corrected chi connectivity index (χ1v) is 43.0. The first-order chi connectivity index (χ1) is 23.1. The fourth-order valence-corrected chi connectivity index (χ4v) is 207. The Balaban J connectivity index is 9.54. The molecule has 0 rings (SSSR count). The van der Waals surface area contributed by atoms with Gasteiger partial charge in [-0.05, 0) is 0 Å². The maximum Gasteiger partial charge on any atom is 0.0450 e. The lowest BCUT2D eigenvalue weighted by Crippen LogP contribution is -2.94. The Morgan fingerprint density at radius 2 is 0.292 bits per heavy atom. The zero-order chi connectivity index (χ0) is 36.8. The van der Waals surface area contributed by atoms with Crippen molar-refractivity contribution in [2.45, 2.75) is 271 Å². The zero-order valence-corrected chi connectivity index (χ0v) is 42.8. The Kier molecular flexibility index (Phi) is 26.0. The van der Waals surface area contributed by atoms with Crippen molar-refractivity contribution in [1.29, 1.82) is 0 Å². The highest BCUT2D eigenvalue weighted by atomic mass is 30.0. The topological polar surface area (TPSA) is 0 Å². The minimum Gasteiger partial charge on any atom is -0.0657 e. The third-order valence-corrected chi connectivity index (χ3v) is 131. The number of hydrogen-bond donors (Lipinski definition) is 0. The van der Waals surface area contributed by atoms with E-state index in [1.807, 2.05) is 24.2 Å². The molecule has 0 aliphatic heterocycles. The van der Waals surface area contributed by atoms with Crippen molar-refractivity contribution in [3.63, 3.8) is 0 Å². The average Bonchev–Trinajstić information content (AvgIpc) is 3.04. The largest absolute Gasteiger partial charge is 0.0657 e. The van der Waals surface area contributed by atoms with Crippen molar-refractivity contribution in [2.24, 2.45) is 0 Å². The van der Waals surface area contributed by atoms with Crippen LogP contribution in [0.15, 0.2) is 0 Å². The molecule has 0 spiro atoms. The van der Waals surface area contributed by atoms with Gasteiger partial charge in [-0.15, -0.1) is 0 Å². The van der Waals surface area contributed by atoms with Gasteiger partial charge in [0.2, 0.25) is 0 Å². The summed E-state index contributed by atoms with van der Waals surface area (Å²) < 4.78 is 0. The Morgan fingerprint density at radius 3 is 0.417 bits per heavy atom. The molecule has 0 atom stereocenters. The lowest BCUT2D eigenvalue weighted by Gasteiger charge is -2.72. The van der Waals surface area contributed by atoms with Gasteiger partial charge in [0.05, 0.1) is 0 Å². The summed E-state index contributed by atoms with van der Waals surface area (Å²) >= 11 is 0. The van der Waals surface area contributed by atoms with E-state index in [2.05, 4.69) is 96.9 Å². The smallest absolute Gasteiger partial charge is 0.0450 e. The molecule has 0 aromatic rings. The van der Waals surface area contributed by atoms with Crippen LogP contribution < -0.4 is 0 Å². The molecule has 0 N–H and O–H groups in total. The quantitative estimate of drug-likeness (QED) is 0.0583. The fraction of sp³-hybridized carbons (Fsp3) is 1.00. The Morgan fingerprint density at radius 1 is 0.167 bits per heavy atom. The van der Waals surface area contributed by atoms with E-state index < -0.39 is 43.6 Å². The molecule has 0 saturated carbocycles. The number of rotatable bonds is 33. The minimum absolute atomic E-state index is 1.46. The summed E-state index contributed by atoms with van der Waals surface area (Å²) in [6.07, 6.45) is 21.3. The van der Waals surface area contributed by atoms with Crippen molar-refractivity contribution in [3.05, 3.63) is 0 Å². The van der Waals surface area contributed by atoms with E-state index in [0.29, 0.717) is 0 Å². The van der Waals surface area contributed by atoms with E-state index >= 15 is 0 Å². The van der Waals surface area contributed by atoms with Crippen molar-refractivity contribution in [3.8, 4) is 0 Å². The molecule has 0 aromatic heterocycles. The van der Waals surface area contributed by atoms with Crippen LogP contribution in [-0.2, 0) is 0 Å². The molecule has 0 heterocycles. The summed E-state index contributed by atoms with van der Waals surface area (Å²) in [5.41, 5.74) is 0. The van der Waals surface area contributed by atoms with Gasteiger partial charge in [0.25, 0.3) is 0 Å². The monoisotopic (exact) mass is 771 g/mol. The Labute approximate surface area is 313 Å². The highest BCUT2D eigenvalue weighted by Crippen LogP contribution is 2.60. The van der Waals surface area contributed by atoms with Crippen LogP contribution in [-0.4, -0.2) is 43.6 Å². The standard InChI is InChI=1S/C42H98Si6/c1-15-29-43(30-16-2,31-17-3)45(35-21-7,36-22-8)47(39-25-11,40-26-12)48(41-27-13,42-28-14)46(37-23-9,38-24-10)44(32-18-4,33-19-5)34-20-6/h15-42H2,1-14H3. The van der Waals surface area contributed by atoms with Gasteiger partial charge in [-0.25, -0.2) is 0 Å². The van der Waals surface area contributed by atoms with Gasteiger partial charge in [0, 0.05) is 43.6 Å². The molecule has 0 nitrogen and oxygen atoms in total. The second-order valence-corrected chi connectivity index (χ2v) is 73.5. The highest BCUT2D eigenvalue weighted by molar-refractivity contribution is 7.98. The lowest BCUT2D eigenvalue weighted by molar-refractivity contribution is 0.913. The SMILES string of the molecule is CCC[Si](CCC)(CCC)[Si](CCC)(CCC)[Si](CCC)(CCC)[Si](CCC)(CCC)[Si](CCC)(CCC)[Si](CCC)(CCC)CCC. The summed E-state index contributed by atoms with van der Waals surface area (Å²) in [6.45, 7) is 37.6. The van der Waals surface area contributed by atoms with E-state index in [-0.39, 0.29) is 0 Å². The van der Waals surface area contributed by atoms with Gasteiger partial charge in [-0.2, -0.15) is 0 Å². The summed E-state index contributed by atoms with van der Waals surface area (Å²) in [5.74, 6) is 0. The number of hydrogen-bond acceptors (Lipinski definition) is 0. The van der Waals surface area contributed by atoms with E-state index in [1.54, 1.807) is 60.4 Å². The molecule has 0 aromatic carbocycles. The van der Waals surface area contributed by atoms with Crippen LogP contribution in [0.5, 0.6) is 0 Å². The molecule has 0 radical (unpaired) electrons. The molecule has 0 bridgehead atoms. The van der Waals surface area contributed by atoms with Gasteiger partial charge in [0.1, 0.15) is 0 Å². The van der Waals surface area contributed by atoms with Crippen LogP contribution in [0.4, 0.5) is 0 Å². The van der Waals surface area contributed by atoms with Crippen molar-refractivity contribution in [1.82, 2.24) is 0 Å². The summed E-state index contributed by atoms with van der Waals surface area (Å²) in [7, 11) is -9.41. The Hall–Kier alpha value is 1.30. The van der Waals surface area contributed by atoms with Gasteiger partial charge < -0.3 is 0 Å². The zero-order valence-electron chi connectivity index (χ0n) is 36.8. The van der Waals surface area contributed by atoms with Crippen LogP contribution in [0.25, 0.3) is 0 Å². The van der Waals surface area contributed by atoms with Gasteiger partial charge >= 0.3 is 0 Å². The van der Waals surface area contributed by atoms with Gasteiger partial charge in [-0.3, -0.25) is 0 Å². The van der Waals surface area contributed by atoms with Gasteiger partial charge in [0.15, 0.2) is 0 Å². The molecule has 48 heavy (non-hydrogen) atoms. The molecule has 0 amide bonds. The predicted octanol–water partition coefficient (Wildman–Crippen LogP) is 16.8. The van der Waals surface area contributed by atoms with Crippen LogP contribution >= 0.6 is 0 Å².